The summed E-state index contributed by atoms with van der Waals surface area (Å²) in [4.78, 5) is 37.5. The van der Waals surface area contributed by atoms with E-state index in [0.29, 0.717) is 15.7 Å². The van der Waals surface area contributed by atoms with E-state index in [0.717, 1.165) is 17.7 Å². The first-order valence-corrected chi connectivity index (χ1v) is 7.96. The summed E-state index contributed by atoms with van der Waals surface area (Å²) in [5, 5.41) is 5.97. The summed E-state index contributed by atoms with van der Waals surface area (Å²) < 4.78 is 0. The minimum atomic E-state index is -0.888. The van der Waals surface area contributed by atoms with Crippen LogP contribution in [0, 0.1) is 5.92 Å². The Balaban J connectivity index is 1.66. The van der Waals surface area contributed by atoms with Crippen LogP contribution in [-0.2, 0) is 9.59 Å². The zero-order chi connectivity index (χ0) is 16.8. The van der Waals surface area contributed by atoms with Gasteiger partial charge in [0, 0.05) is 5.69 Å². The molecule has 1 heterocycles. The lowest BCUT2D eigenvalue weighted by atomic mass is 9.96. The van der Waals surface area contributed by atoms with Crippen molar-refractivity contribution < 1.29 is 14.4 Å². The Labute approximate surface area is 143 Å². The van der Waals surface area contributed by atoms with E-state index in [1.807, 2.05) is 0 Å². The number of imide groups is 1. The molecule has 3 rings (SSSR count). The van der Waals surface area contributed by atoms with E-state index in [9.17, 15) is 14.4 Å². The lowest BCUT2D eigenvalue weighted by Crippen LogP contribution is -2.46. The zero-order valence-electron chi connectivity index (χ0n) is 12.4. The van der Waals surface area contributed by atoms with Crippen LogP contribution in [0.25, 0.3) is 0 Å². The van der Waals surface area contributed by atoms with Gasteiger partial charge in [0.2, 0.25) is 5.91 Å². The molecule has 1 aromatic rings. The molecular formula is C15H15Cl2N3O3. The second-order valence-corrected chi connectivity index (χ2v) is 6.79. The molecule has 4 amide bonds. The molecular weight excluding hydrogens is 341 g/mol. The normalized spacial score (nSPS) is 23.9. The van der Waals surface area contributed by atoms with Crippen LogP contribution in [-0.4, -0.2) is 34.8 Å². The Morgan fingerprint density at radius 2 is 2.04 bits per heavy atom. The van der Waals surface area contributed by atoms with Gasteiger partial charge in [-0.15, -0.1) is 0 Å². The van der Waals surface area contributed by atoms with E-state index in [1.165, 1.54) is 6.07 Å². The van der Waals surface area contributed by atoms with Gasteiger partial charge in [-0.25, -0.2) is 4.79 Å². The zero-order valence-corrected chi connectivity index (χ0v) is 13.9. The fourth-order valence-electron chi connectivity index (χ4n) is 2.71. The number of rotatable bonds is 4. The lowest BCUT2D eigenvalue weighted by molar-refractivity contribution is -0.134. The molecule has 0 aromatic heterocycles. The Morgan fingerprint density at radius 1 is 1.35 bits per heavy atom. The first-order valence-electron chi connectivity index (χ1n) is 7.20. The molecule has 8 heteroatoms. The second kappa shape index (κ2) is 5.69. The van der Waals surface area contributed by atoms with Crippen molar-refractivity contribution in [3.63, 3.8) is 0 Å². The Hall–Kier alpha value is -1.79. The smallest absolute Gasteiger partial charge is 0.324 e. The molecule has 1 atom stereocenters. The molecule has 6 nitrogen and oxygen atoms in total. The quantitative estimate of drug-likeness (QED) is 0.814. The number of anilines is 1. The minimum Gasteiger partial charge on any atom is -0.324 e. The molecule has 2 fully saturated rings. The largest absolute Gasteiger partial charge is 0.325 e. The predicted molar refractivity (Wildman–Crippen MR) is 86.5 cm³/mol. The van der Waals surface area contributed by atoms with Gasteiger partial charge in [0.15, 0.2) is 0 Å². The van der Waals surface area contributed by atoms with Gasteiger partial charge in [-0.05, 0) is 43.9 Å². The molecule has 0 spiro atoms. The summed E-state index contributed by atoms with van der Waals surface area (Å²) in [5.74, 6) is -0.677. The van der Waals surface area contributed by atoms with Gasteiger partial charge in [-0.2, -0.15) is 0 Å². The van der Waals surface area contributed by atoms with Crippen molar-refractivity contribution in [2.24, 2.45) is 5.92 Å². The summed E-state index contributed by atoms with van der Waals surface area (Å²) in [5.41, 5.74) is -0.442. The van der Waals surface area contributed by atoms with Gasteiger partial charge >= 0.3 is 6.03 Å². The predicted octanol–water partition coefficient (Wildman–Crippen LogP) is 2.65. The maximum absolute atomic E-state index is 12.4. The van der Waals surface area contributed by atoms with E-state index < -0.39 is 17.5 Å². The van der Waals surface area contributed by atoms with Gasteiger partial charge in [-0.1, -0.05) is 23.2 Å². The fourth-order valence-corrected chi connectivity index (χ4v) is 3.01. The molecule has 1 saturated heterocycles. The molecule has 0 radical (unpaired) electrons. The number of halogens is 2. The van der Waals surface area contributed by atoms with Crippen molar-refractivity contribution in [1.82, 2.24) is 10.2 Å². The molecule has 0 unspecified atom stereocenters. The Morgan fingerprint density at radius 3 is 2.65 bits per heavy atom. The van der Waals surface area contributed by atoms with Crippen LogP contribution in [0.2, 0.25) is 10.0 Å². The van der Waals surface area contributed by atoms with E-state index in [2.05, 4.69) is 10.6 Å². The lowest BCUT2D eigenvalue weighted by Gasteiger charge is -2.20. The van der Waals surface area contributed by atoms with Gasteiger partial charge in [0.1, 0.15) is 12.1 Å². The van der Waals surface area contributed by atoms with Crippen molar-refractivity contribution in [2.75, 3.05) is 11.9 Å². The van der Waals surface area contributed by atoms with E-state index in [-0.39, 0.29) is 18.4 Å². The first kappa shape index (κ1) is 16.1. The van der Waals surface area contributed by atoms with Crippen molar-refractivity contribution in [1.29, 1.82) is 0 Å². The number of carbonyl (C=O) groups is 3. The van der Waals surface area contributed by atoms with Crippen molar-refractivity contribution >= 4 is 46.7 Å². The highest BCUT2D eigenvalue weighted by atomic mass is 35.5. The van der Waals surface area contributed by atoms with Crippen molar-refractivity contribution in [3.05, 3.63) is 28.2 Å². The third kappa shape index (κ3) is 3.01. The molecule has 2 N–H and O–H groups in total. The van der Waals surface area contributed by atoms with Crippen LogP contribution in [0.4, 0.5) is 10.5 Å². The summed E-state index contributed by atoms with van der Waals surface area (Å²) in [6.07, 6.45) is 1.82. The molecule has 122 valence electrons. The van der Waals surface area contributed by atoms with Crippen molar-refractivity contribution in [2.45, 2.75) is 25.3 Å². The summed E-state index contributed by atoms with van der Waals surface area (Å²) in [6, 6.07) is 4.11. The number of carbonyl (C=O) groups excluding carboxylic acids is 3. The molecule has 1 aliphatic heterocycles. The van der Waals surface area contributed by atoms with Gasteiger partial charge in [-0.3, -0.25) is 14.5 Å². The number of benzene rings is 1. The summed E-state index contributed by atoms with van der Waals surface area (Å²) >= 11 is 11.7. The number of urea groups is 1. The highest BCUT2D eigenvalue weighted by Crippen LogP contribution is 2.42. The van der Waals surface area contributed by atoms with E-state index in [1.54, 1.807) is 19.1 Å². The average Bonchev–Trinajstić information content (AvgIpc) is 3.29. The third-order valence-corrected chi connectivity index (χ3v) is 4.94. The van der Waals surface area contributed by atoms with Gasteiger partial charge in [0.25, 0.3) is 5.91 Å². The topological polar surface area (TPSA) is 78.5 Å². The fraction of sp³-hybridized carbons (Fsp3) is 0.400. The van der Waals surface area contributed by atoms with Crippen LogP contribution in [0.5, 0.6) is 0 Å². The maximum Gasteiger partial charge on any atom is 0.325 e. The van der Waals surface area contributed by atoms with Gasteiger partial charge < -0.3 is 10.6 Å². The molecule has 2 aliphatic rings. The molecule has 1 aromatic carbocycles. The monoisotopic (exact) mass is 355 g/mol. The number of hydrogen-bond donors (Lipinski definition) is 2. The van der Waals surface area contributed by atoms with Crippen molar-refractivity contribution in [3.8, 4) is 0 Å². The average molecular weight is 356 g/mol. The van der Waals surface area contributed by atoms with E-state index >= 15 is 0 Å². The SMILES string of the molecule is C[C@@]1(C2CC2)NC(=O)N(CC(=O)Nc2ccc(Cl)c(Cl)c2)C1=O. The minimum absolute atomic E-state index is 0.155. The van der Waals surface area contributed by atoms with Gasteiger partial charge in [0.05, 0.1) is 10.0 Å². The number of nitrogens with one attached hydrogen (secondary N) is 2. The van der Waals surface area contributed by atoms with Crippen LogP contribution in [0.3, 0.4) is 0 Å². The second-order valence-electron chi connectivity index (χ2n) is 5.98. The van der Waals surface area contributed by atoms with Crippen LogP contribution in [0.15, 0.2) is 18.2 Å². The first-order chi connectivity index (χ1) is 10.8. The maximum atomic E-state index is 12.4. The van der Waals surface area contributed by atoms with E-state index in [4.69, 9.17) is 23.2 Å². The number of nitrogens with zero attached hydrogens (tertiary/aromatic N) is 1. The summed E-state index contributed by atoms with van der Waals surface area (Å²) in [7, 11) is 0. The molecule has 1 saturated carbocycles. The Kier molecular flexibility index (Phi) is 3.98. The number of hydrogen-bond acceptors (Lipinski definition) is 3. The summed E-state index contributed by atoms with van der Waals surface area (Å²) in [6.45, 7) is 1.37. The molecule has 23 heavy (non-hydrogen) atoms. The highest BCUT2D eigenvalue weighted by Gasteiger charge is 2.56. The van der Waals surface area contributed by atoms with Crippen LogP contribution >= 0.6 is 23.2 Å². The Bertz CT molecular complexity index is 705. The molecule has 0 bridgehead atoms. The van der Waals surface area contributed by atoms with Crippen LogP contribution < -0.4 is 10.6 Å². The highest BCUT2D eigenvalue weighted by molar-refractivity contribution is 6.42. The molecule has 1 aliphatic carbocycles. The standard InChI is InChI=1S/C15H15Cl2N3O3/c1-15(8-2-3-8)13(22)20(14(23)19-15)7-12(21)18-9-4-5-10(16)11(17)6-9/h4-6,8H,2-3,7H2,1H3,(H,18,21)(H,19,23)/t15-/m0/s1. The third-order valence-electron chi connectivity index (χ3n) is 4.20. The van der Waals surface area contributed by atoms with Crippen LogP contribution in [0.1, 0.15) is 19.8 Å². The number of amides is 4.